The third-order valence-corrected chi connectivity index (χ3v) is 13.9. The SMILES string of the molecule is c1ccc2c(c1)Oc1ccccc1-c1cc(N(c3ccc(-c4ccc(-c5cccc6c5Oc5ccccc5-c5ccccc5-6)cc4)cc3)c3ccc4c(c3)-c3ccccc3Oc3ccccc3-4)ccc1-2. The number of anilines is 3. The zero-order chi connectivity index (χ0) is 46.1. The van der Waals surface area contributed by atoms with Gasteiger partial charge in [0.2, 0.25) is 0 Å². The summed E-state index contributed by atoms with van der Waals surface area (Å²) in [6, 6.07) is 88.0. The molecule has 0 aliphatic carbocycles. The van der Waals surface area contributed by atoms with Crippen LogP contribution in [0.15, 0.2) is 249 Å². The molecule has 3 aliphatic rings. The molecule has 0 bridgehead atoms. The molecule has 0 atom stereocenters. The smallest absolute Gasteiger partial charge is 0.143 e. The molecule has 0 amide bonds. The summed E-state index contributed by atoms with van der Waals surface area (Å²) in [5.41, 5.74) is 20.7. The Labute approximate surface area is 406 Å². The van der Waals surface area contributed by atoms with E-state index in [1.165, 1.54) is 11.1 Å². The number of nitrogens with zero attached hydrogens (tertiary/aromatic N) is 1. The Morgan fingerprint density at radius 3 is 0.986 bits per heavy atom. The van der Waals surface area contributed by atoms with E-state index in [1.54, 1.807) is 0 Å². The van der Waals surface area contributed by atoms with Gasteiger partial charge < -0.3 is 19.1 Å². The summed E-state index contributed by atoms with van der Waals surface area (Å²) in [5, 5.41) is 0. The maximum Gasteiger partial charge on any atom is 0.143 e. The Bertz CT molecular complexity index is 3730. The van der Waals surface area contributed by atoms with Crippen molar-refractivity contribution < 1.29 is 14.2 Å². The molecular weight excluding hydrogens is 855 g/mol. The largest absolute Gasteiger partial charge is 0.456 e. The zero-order valence-electron chi connectivity index (χ0n) is 37.8. The van der Waals surface area contributed by atoms with Crippen molar-refractivity contribution in [2.24, 2.45) is 0 Å². The van der Waals surface area contributed by atoms with Gasteiger partial charge in [-0.3, -0.25) is 0 Å². The lowest BCUT2D eigenvalue weighted by molar-refractivity contribution is 0.487. The lowest BCUT2D eigenvalue weighted by Gasteiger charge is -2.28. The van der Waals surface area contributed by atoms with E-state index in [-0.39, 0.29) is 0 Å². The highest BCUT2D eigenvalue weighted by Crippen LogP contribution is 2.53. The van der Waals surface area contributed by atoms with Crippen molar-refractivity contribution in [3.8, 4) is 124 Å². The second-order valence-electron chi connectivity index (χ2n) is 17.9. The monoisotopic (exact) mass is 895 g/mol. The average Bonchev–Trinajstić information content (AvgIpc) is 3.73. The summed E-state index contributed by atoms with van der Waals surface area (Å²) in [6.45, 7) is 0. The van der Waals surface area contributed by atoms with Gasteiger partial charge in [0.1, 0.15) is 34.5 Å². The molecule has 0 spiro atoms. The second kappa shape index (κ2) is 16.2. The number of benzene rings is 11. The molecule has 0 unspecified atom stereocenters. The molecular formula is C66H41NO3. The Morgan fingerprint density at radius 2 is 0.514 bits per heavy atom. The van der Waals surface area contributed by atoms with E-state index in [2.05, 4.69) is 223 Å². The van der Waals surface area contributed by atoms with E-state index in [0.717, 1.165) is 129 Å². The Morgan fingerprint density at radius 1 is 0.200 bits per heavy atom. The first-order chi connectivity index (χ1) is 34.7. The van der Waals surface area contributed by atoms with E-state index in [4.69, 9.17) is 14.2 Å². The fraction of sp³-hybridized carbons (Fsp3) is 0. The van der Waals surface area contributed by atoms with Crippen molar-refractivity contribution in [1.29, 1.82) is 0 Å². The maximum absolute atomic E-state index is 6.82. The lowest BCUT2D eigenvalue weighted by atomic mass is 9.92. The first kappa shape index (κ1) is 39.8. The highest BCUT2D eigenvalue weighted by molar-refractivity contribution is 5.98. The number of fused-ring (bicyclic) bond motifs is 15. The van der Waals surface area contributed by atoms with Crippen LogP contribution < -0.4 is 19.1 Å². The summed E-state index contributed by atoms with van der Waals surface area (Å²) in [5.74, 6) is 5.08. The molecule has 328 valence electrons. The highest BCUT2D eigenvalue weighted by Gasteiger charge is 2.27. The van der Waals surface area contributed by atoms with Gasteiger partial charge in [0.05, 0.1) is 0 Å². The van der Waals surface area contributed by atoms with Gasteiger partial charge in [-0.05, 0) is 117 Å². The minimum absolute atomic E-state index is 0.832. The number of ether oxygens (including phenoxy) is 3. The molecule has 3 heterocycles. The molecule has 11 aromatic rings. The van der Waals surface area contributed by atoms with Crippen molar-refractivity contribution in [2.75, 3.05) is 4.90 Å². The third-order valence-electron chi connectivity index (χ3n) is 13.9. The van der Waals surface area contributed by atoms with E-state index in [0.29, 0.717) is 0 Å². The highest BCUT2D eigenvalue weighted by atomic mass is 16.5. The van der Waals surface area contributed by atoms with Crippen LogP contribution in [0.4, 0.5) is 17.1 Å². The molecule has 11 aromatic carbocycles. The van der Waals surface area contributed by atoms with Gasteiger partial charge in [0.25, 0.3) is 0 Å². The standard InChI is InChI=1S/C66H41NO3/c1-2-15-50-49(14-1)53-16-5-12-27-65(53)70-66-48(21-13-22-58(50)66)44-30-28-42(29-31-44)43-32-34-45(35-33-43)67(46-36-38-51-54-17-3-8-23-61(54)68-63-25-10-6-19-56(63)59(51)40-46)47-37-39-52-55-18-4-9-24-62(55)69-64-26-11-7-20-57(64)60(52)41-47/h1-41H. The van der Waals surface area contributed by atoms with Crippen LogP contribution in [-0.2, 0) is 0 Å². The Balaban J connectivity index is 0.880. The predicted octanol–water partition coefficient (Wildman–Crippen LogP) is 18.8. The van der Waals surface area contributed by atoms with Crippen LogP contribution >= 0.6 is 0 Å². The molecule has 0 fully saturated rings. The molecule has 70 heavy (non-hydrogen) atoms. The molecule has 0 saturated heterocycles. The Hall–Kier alpha value is -9.38. The minimum atomic E-state index is 0.832. The van der Waals surface area contributed by atoms with Crippen LogP contribution in [0, 0.1) is 0 Å². The second-order valence-corrected chi connectivity index (χ2v) is 17.9. The zero-order valence-corrected chi connectivity index (χ0v) is 37.8. The molecule has 14 rings (SSSR count). The van der Waals surface area contributed by atoms with Crippen LogP contribution in [0.25, 0.3) is 89.0 Å². The van der Waals surface area contributed by atoms with E-state index >= 15 is 0 Å². The third kappa shape index (κ3) is 6.53. The fourth-order valence-electron chi connectivity index (χ4n) is 10.6. The normalized spacial score (nSPS) is 12.1. The molecule has 0 radical (unpaired) electrons. The molecule has 0 N–H and O–H groups in total. The van der Waals surface area contributed by atoms with E-state index in [9.17, 15) is 0 Å². The molecule has 4 heteroatoms. The average molecular weight is 896 g/mol. The maximum atomic E-state index is 6.82. The van der Waals surface area contributed by atoms with Crippen LogP contribution in [0.5, 0.6) is 34.5 Å². The van der Waals surface area contributed by atoms with E-state index < -0.39 is 0 Å². The van der Waals surface area contributed by atoms with Crippen molar-refractivity contribution >= 4 is 17.1 Å². The number of para-hydroxylation sites is 6. The van der Waals surface area contributed by atoms with E-state index in [1.807, 2.05) is 30.3 Å². The molecule has 4 nitrogen and oxygen atoms in total. The van der Waals surface area contributed by atoms with Gasteiger partial charge >= 0.3 is 0 Å². The molecule has 3 aliphatic heterocycles. The van der Waals surface area contributed by atoms with Crippen molar-refractivity contribution in [2.45, 2.75) is 0 Å². The van der Waals surface area contributed by atoms with Gasteiger partial charge in [0, 0.05) is 56.0 Å². The lowest BCUT2D eigenvalue weighted by Crippen LogP contribution is -2.10. The van der Waals surface area contributed by atoms with Crippen molar-refractivity contribution in [3.05, 3.63) is 249 Å². The number of rotatable bonds is 5. The first-order valence-electron chi connectivity index (χ1n) is 23.7. The van der Waals surface area contributed by atoms with Crippen LogP contribution in [-0.4, -0.2) is 0 Å². The summed E-state index contributed by atoms with van der Waals surface area (Å²) in [4.78, 5) is 2.37. The molecule has 0 aromatic heterocycles. The minimum Gasteiger partial charge on any atom is -0.456 e. The first-order valence-corrected chi connectivity index (χ1v) is 23.7. The topological polar surface area (TPSA) is 30.9 Å². The van der Waals surface area contributed by atoms with Crippen molar-refractivity contribution in [3.63, 3.8) is 0 Å². The van der Waals surface area contributed by atoms with Gasteiger partial charge in [0.15, 0.2) is 0 Å². The summed E-state index contributed by atoms with van der Waals surface area (Å²) >= 11 is 0. The van der Waals surface area contributed by atoms with Gasteiger partial charge in [-0.2, -0.15) is 0 Å². The Kier molecular flexibility index (Phi) is 9.17. The van der Waals surface area contributed by atoms with Gasteiger partial charge in [-0.1, -0.05) is 182 Å². The van der Waals surface area contributed by atoms with Gasteiger partial charge in [-0.25, -0.2) is 0 Å². The number of hydrogen-bond donors (Lipinski definition) is 0. The predicted molar refractivity (Wildman–Crippen MR) is 285 cm³/mol. The molecule has 0 saturated carbocycles. The van der Waals surface area contributed by atoms with Crippen LogP contribution in [0.1, 0.15) is 0 Å². The van der Waals surface area contributed by atoms with Gasteiger partial charge in [-0.15, -0.1) is 0 Å². The summed E-state index contributed by atoms with van der Waals surface area (Å²) in [6.07, 6.45) is 0. The van der Waals surface area contributed by atoms with Crippen LogP contribution in [0.3, 0.4) is 0 Å². The van der Waals surface area contributed by atoms with Crippen LogP contribution in [0.2, 0.25) is 0 Å². The fourth-order valence-corrected chi connectivity index (χ4v) is 10.6. The summed E-state index contributed by atoms with van der Waals surface area (Å²) in [7, 11) is 0. The quantitative estimate of drug-likeness (QED) is 0.172. The summed E-state index contributed by atoms with van der Waals surface area (Å²) < 4.78 is 20.0. The van der Waals surface area contributed by atoms with Crippen molar-refractivity contribution in [1.82, 2.24) is 0 Å². The number of hydrogen-bond acceptors (Lipinski definition) is 4.